The number of aromatic nitrogens is 1. The van der Waals surface area contributed by atoms with Crippen LogP contribution >= 0.6 is 11.3 Å². The zero-order chi connectivity index (χ0) is 25.8. The van der Waals surface area contributed by atoms with Crippen LogP contribution in [0.4, 0.5) is 16.5 Å². The Bertz CT molecular complexity index is 1250. The third-order valence-electron chi connectivity index (χ3n) is 6.46. The summed E-state index contributed by atoms with van der Waals surface area (Å²) in [5.74, 6) is 0.315. The lowest BCUT2D eigenvalue weighted by molar-refractivity contribution is -0.117. The Balaban J connectivity index is 1.46. The number of amides is 2. The van der Waals surface area contributed by atoms with Crippen LogP contribution in [0.25, 0.3) is 0 Å². The molecular weight excluding hydrogens is 476 g/mol. The molecule has 1 heterocycles. The van der Waals surface area contributed by atoms with E-state index in [0.717, 1.165) is 47.0 Å². The molecule has 0 bridgehead atoms. The summed E-state index contributed by atoms with van der Waals surface area (Å²) >= 11 is 1.41. The van der Waals surface area contributed by atoms with E-state index in [-0.39, 0.29) is 17.7 Å². The van der Waals surface area contributed by atoms with Crippen molar-refractivity contribution in [2.45, 2.75) is 39.5 Å². The molecule has 0 saturated carbocycles. The van der Waals surface area contributed by atoms with Crippen LogP contribution in [0.2, 0.25) is 0 Å². The van der Waals surface area contributed by atoms with Crippen molar-refractivity contribution < 1.29 is 19.1 Å². The molecule has 1 aromatic heterocycles. The van der Waals surface area contributed by atoms with Gasteiger partial charge in [-0.15, -0.1) is 11.3 Å². The minimum atomic E-state index is -0.347. The van der Waals surface area contributed by atoms with Crippen molar-refractivity contribution in [1.29, 1.82) is 0 Å². The average Bonchev–Trinajstić information content (AvgIpc) is 3.46. The first-order valence-electron chi connectivity index (χ1n) is 12.1. The van der Waals surface area contributed by atoms with E-state index in [4.69, 9.17) is 9.47 Å². The SMILES string of the molecule is CCN(CC)c1ccc(NC(=O)C2CCc3sc(NC(=O)c4cc(OC)cc(OC)c4)nc32)c(C)c1. The zero-order valence-corrected chi connectivity index (χ0v) is 22.1. The number of aryl methyl sites for hydroxylation is 2. The number of hydrogen-bond donors (Lipinski definition) is 2. The molecule has 9 heteroatoms. The normalized spacial score (nSPS) is 14.2. The first-order chi connectivity index (χ1) is 17.4. The summed E-state index contributed by atoms with van der Waals surface area (Å²) in [6, 6.07) is 11.1. The van der Waals surface area contributed by atoms with E-state index in [1.807, 2.05) is 19.1 Å². The van der Waals surface area contributed by atoms with Crippen molar-refractivity contribution in [1.82, 2.24) is 4.98 Å². The van der Waals surface area contributed by atoms with Crippen LogP contribution in [0.1, 0.15) is 52.7 Å². The molecule has 0 radical (unpaired) electrons. The fraction of sp³-hybridized carbons (Fsp3) is 0.370. The standard InChI is InChI=1S/C27H32N4O4S/c1-6-31(7-2)18-8-10-22(16(3)12-18)28-26(33)21-9-11-23-24(21)29-27(36-23)30-25(32)17-13-19(34-4)15-20(14-17)35-5/h8,10,12-15,21H,6-7,9,11H2,1-5H3,(H,28,33)(H,29,30,32). The van der Waals surface area contributed by atoms with Gasteiger partial charge in [0.15, 0.2) is 5.13 Å². The molecule has 8 nitrogen and oxygen atoms in total. The van der Waals surface area contributed by atoms with E-state index in [9.17, 15) is 9.59 Å². The highest BCUT2D eigenvalue weighted by Crippen LogP contribution is 2.39. The summed E-state index contributed by atoms with van der Waals surface area (Å²) in [5.41, 5.74) is 4.12. The highest BCUT2D eigenvalue weighted by atomic mass is 32.1. The summed E-state index contributed by atoms with van der Waals surface area (Å²) in [4.78, 5) is 34.0. The van der Waals surface area contributed by atoms with Crippen molar-refractivity contribution in [3.63, 3.8) is 0 Å². The number of carbonyl (C=O) groups is 2. The molecule has 4 rings (SSSR count). The Kier molecular flexibility index (Phi) is 7.79. The predicted octanol–water partition coefficient (Wildman–Crippen LogP) is 5.24. The van der Waals surface area contributed by atoms with Gasteiger partial charge < -0.3 is 19.7 Å². The smallest absolute Gasteiger partial charge is 0.257 e. The van der Waals surface area contributed by atoms with Crippen LogP contribution in [0.15, 0.2) is 36.4 Å². The van der Waals surface area contributed by atoms with E-state index in [0.29, 0.717) is 28.6 Å². The Morgan fingerprint density at radius 3 is 2.36 bits per heavy atom. The second-order valence-corrected chi connectivity index (χ2v) is 9.72. The largest absolute Gasteiger partial charge is 0.497 e. The van der Waals surface area contributed by atoms with Gasteiger partial charge in [-0.3, -0.25) is 14.9 Å². The molecule has 1 aliphatic rings. The lowest BCUT2D eigenvalue weighted by atomic mass is 10.1. The molecule has 0 fully saturated rings. The van der Waals surface area contributed by atoms with Crippen molar-refractivity contribution >= 4 is 39.7 Å². The summed E-state index contributed by atoms with van der Waals surface area (Å²) < 4.78 is 10.5. The van der Waals surface area contributed by atoms with Crippen LogP contribution in [0, 0.1) is 6.92 Å². The number of rotatable bonds is 9. The van der Waals surface area contributed by atoms with Crippen LogP contribution in [0.3, 0.4) is 0 Å². The Hall–Kier alpha value is -3.59. The second kappa shape index (κ2) is 11.0. The highest BCUT2D eigenvalue weighted by molar-refractivity contribution is 7.16. The number of nitrogens with one attached hydrogen (secondary N) is 2. The Labute approximate surface area is 215 Å². The first kappa shape index (κ1) is 25.5. The van der Waals surface area contributed by atoms with Gasteiger partial charge in [-0.2, -0.15) is 0 Å². The molecule has 190 valence electrons. The molecule has 1 atom stereocenters. The number of methoxy groups -OCH3 is 2. The predicted molar refractivity (Wildman–Crippen MR) is 144 cm³/mol. The van der Waals surface area contributed by atoms with Gasteiger partial charge in [-0.25, -0.2) is 4.98 Å². The van der Waals surface area contributed by atoms with Crippen LogP contribution in [-0.4, -0.2) is 44.1 Å². The van der Waals surface area contributed by atoms with Gasteiger partial charge in [-0.05, 0) is 69.5 Å². The van der Waals surface area contributed by atoms with Gasteiger partial charge in [-0.1, -0.05) is 0 Å². The lowest BCUT2D eigenvalue weighted by Gasteiger charge is -2.22. The number of anilines is 3. The number of ether oxygens (including phenoxy) is 2. The maximum Gasteiger partial charge on any atom is 0.257 e. The zero-order valence-electron chi connectivity index (χ0n) is 21.3. The second-order valence-electron chi connectivity index (χ2n) is 8.63. The van der Waals surface area contributed by atoms with E-state index >= 15 is 0 Å². The Morgan fingerprint density at radius 1 is 1.06 bits per heavy atom. The van der Waals surface area contributed by atoms with E-state index < -0.39 is 0 Å². The molecule has 1 aliphatic carbocycles. The summed E-state index contributed by atoms with van der Waals surface area (Å²) in [5, 5.41) is 6.42. The van der Waals surface area contributed by atoms with Crippen molar-refractivity contribution in [3.05, 3.63) is 58.1 Å². The number of carbonyl (C=O) groups excluding carboxylic acids is 2. The lowest BCUT2D eigenvalue weighted by Crippen LogP contribution is -2.23. The number of hydrogen-bond acceptors (Lipinski definition) is 7. The molecule has 36 heavy (non-hydrogen) atoms. The minimum absolute atomic E-state index is 0.0758. The van der Waals surface area contributed by atoms with Crippen LogP contribution in [-0.2, 0) is 11.2 Å². The van der Waals surface area contributed by atoms with Gasteiger partial charge in [0.05, 0.1) is 25.8 Å². The molecule has 2 aromatic carbocycles. The molecule has 2 N–H and O–H groups in total. The molecule has 3 aromatic rings. The van der Waals surface area contributed by atoms with Crippen LogP contribution in [0.5, 0.6) is 11.5 Å². The van der Waals surface area contributed by atoms with Crippen LogP contribution < -0.4 is 25.0 Å². The first-order valence-corrected chi connectivity index (χ1v) is 12.9. The average molecular weight is 509 g/mol. The van der Waals surface area contributed by atoms with Gasteiger partial charge in [0.25, 0.3) is 5.91 Å². The van der Waals surface area contributed by atoms with Gasteiger partial charge in [0.2, 0.25) is 5.91 Å². The van der Waals surface area contributed by atoms with Gasteiger partial charge in [0.1, 0.15) is 11.5 Å². The van der Waals surface area contributed by atoms with E-state index in [1.165, 1.54) is 25.6 Å². The topological polar surface area (TPSA) is 92.8 Å². The van der Waals surface area contributed by atoms with Crippen molar-refractivity contribution in [2.75, 3.05) is 42.8 Å². The Morgan fingerprint density at radius 2 is 1.75 bits per heavy atom. The number of thiazole rings is 1. The molecule has 0 aliphatic heterocycles. The third-order valence-corrected chi connectivity index (χ3v) is 7.51. The quantitative estimate of drug-likeness (QED) is 0.411. The molecular formula is C27H32N4O4S. The molecule has 0 saturated heterocycles. The van der Waals surface area contributed by atoms with E-state index in [1.54, 1.807) is 18.2 Å². The fourth-order valence-corrected chi connectivity index (χ4v) is 5.47. The summed E-state index contributed by atoms with van der Waals surface area (Å²) in [6.07, 6.45) is 1.46. The maximum atomic E-state index is 13.2. The minimum Gasteiger partial charge on any atom is -0.497 e. The molecule has 2 amide bonds. The number of fused-ring (bicyclic) bond motifs is 1. The fourth-order valence-electron chi connectivity index (χ4n) is 4.44. The van der Waals surface area contributed by atoms with Crippen molar-refractivity contribution in [2.24, 2.45) is 0 Å². The third kappa shape index (κ3) is 5.31. The van der Waals surface area contributed by atoms with Gasteiger partial charge in [0, 0.05) is 41.0 Å². The van der Waals surface area contributed by atoms with Gasteiger partial charge >= 0.3 is 0 Å². The molecule has 0 spiro atoms. The molecule has 1 unspecified atom stereocenters. The number of nitrogens with zero attached hydrogens (tertiary/aromatic N) is 2. The summed E-state index contributed by atoms with van der Waals surface area (Å²) in [6.45, 7) is 8.13. The monoisotopic (exact) mass is 508 g/mol. The van der Waals surface area contributed by atoms with E-state index in [2.05, 4.69) is 40.4 Å². The maximum absolute atomic E-state index is 13.2. The summed E-state index contributed by atoms with van der Waals surface area (Å²) in [7, 11) is 3.07. The number of benzene rings is 2. The van der Waals surface area contributed by atoms with Crippen molar-refractivity contribution in [3.8, 4) is 11.5 Å². The highest BCUT2D eigenvalue weighted by Gasteiger charge is 2.33.